The SMILES string of the molecule is CC[C@@H]1C[C@H]1C(=O)N1CCCC1c1cccnc1. The predicted molar refractivity (Wildman–Crippen MR) is 69.8 cm³/mol. The summed E-state index contributed by atoms with van der Waals surface area (Å²) in [5.74, 6) is 1.34. The molecule has 2 heterocycles. The number of hydrogen-bond acceptors (Lipinski definition) is 2. The van der Waals surface area contributed by atoms with Crippen molar-refractivity contribution in [1.29, 1.82) is 0 Å². The van der Waals surface area contributed by atoms with Gasteiger partial charge in [-0.3, -0.25) is 9.78 Å². The molecule has 0 radical (unpaired) electrons. The zero-order valence-corrected chi connectivity index (χ0v) is 10.9. The summed E-state index contributed by atoms with van der Waals surface area (Å²) in [6, 6.07) is 4.32. The highest BCUT2D eigenvalue weighted by molar-refractivity contribution is 5.82. The second-order valence-corrected chi connectivity index (χ2v) is 5.49. The fourth-order valence-electron chi connectivity index (χ4n) is 3.16. The highest BCUT2D eigenvalue weighted by Crippen LogP contribution is 2.45. The number of carbonyl (C=O) groups is 1. The fraction of sp³-hybridized carbons (Fsp3) is 0.600. The van der Waals surface area contributed by atoms with Gasteiger partial charge in [-0.25, -0.2) is 0 Å². The van der Waals surface area contributed by atoms with E-state index in [2.05, 4.69) is 22.9 Å². The van der Waals surface area contributed by atoms with Gasteiger partial charge in [-0.2, -0.15) is 0 Å². The van der Waals surface area contributed by atoms with E-state index in [1.807, 2.05) is 12.3 Å². The molecular formula is C15H20N2O. The Hall–Kier alpha value is -1.38. The average Bonchev–Trinajstić information content (AvgIpc) is 3.05. The Balaban J connectivity index is 1.74. The minimum atomic E-state index is 0.268. The molecule has 18 heavy (non-hydrogen) atoms. The second-order valence-electron chi connectivity index (χ2n) is 5.49. The summed E-state index contributed by atoms with van der Waals surface area (Å²) >= 11 is 0. The molecule has 0 aromatic carbocycles. The molecule has 3 rings (SSSR count). The lowest BCUT2D eigenvalue weighted by atomic mass is 10.1. The molecule has 3 heteroatoms. The summed E-state index contributed by atoms with van der Waals surface area (Å²) in [6.45, 7) is 3.10. The van der Waals surface area contributed by atoms with Crippen molar-refractivity contribution in [3.63, 3.8) is 0 Å². The van der Waals surface area contributed by atoms with E-state index in [9.17, 15) is 4.79 Å². The van der Waals surface area contributed by atoms with Crippen LogP contribution in [0.2, 0.25) is 0 Å². The number of nitrogens with zero attached hydrogens (tertiary/aromatic N) is 2. The third-order valence-electron chi connectivity index (χ3n) is 4.37. The van der Waals surface area contributed by atoms with Crippen LogP contribution >= 0.6 is 0 Å². The Kier molecular flexibility index (Phi) is 3.06. The van der Waals surface area contributed by atoms with Crippen molar-refractivity contribution < 1.29 is 4.79 Å². The maximum absolute atomic E-state index is 12.5. The minimum absolute atomic E-state index is 0.268. The van der Waals surface area contributed by atoms with Crippen molar-refractivity contribution in [3.8, 4) is 0 Å². The van der Waals surface area contributed by atoms with Crippen LogP contribution in [0.5, 0.6) is 0 Å². The molecule has 2 aliphatic rings. The summed E-state index contributed by atoms with van der Waals surface area (Å²) in [5, 5.41) is 0. The van der Waals surface area contributed by atoms with Crippen LogP contribution in [0.1, 0.15) is 44.2 Å². The first-order valence-electron chi connectivity index (χ1n) is 7.01. The third-order valence-corrected chi connectivity index (χ3v) is 4.37. The quantitative estimate of drug-likeness (QED) is 0.819. The van der Waals surface area contributed by atoms with Gasteiger partial charge in [0.2, 0.25) is 5.91 Å². The van der Waals surface area contributed by atoms with Crippen molar-refractivity contribution in [1.82, 2.24) is 9.88 Å². The van der Waals surface area contributed by atoms with Crippen LogP contribution < -0.4 is 0 Å². The predicted octanol–water partition coefficient (Wildman–Crippen LogP) is 2.79. The van der Waals surface area contributed by atoms with Crippen LogP contribution in [0, 0.1) is 11.8 Å². The van der Waals surface area contributed by atoms with E-state index in [1.165, 1.54) is 5.56 Å². The molecule has 1 amide bonds. The summed E-state index contributed by atoms with van der Waals surface area (Å²) in [6.07, 6.45) is 8.14. The highest BCUT2D eigenvalue weighted by Gasteiger charge is 2.45. The van der Waals surface area contributed by atoms with Gasteiger partial charge in [-0.1, -0.05) is 19.4 Å². The normalized spacial score (nSPS) is 30.5. The molecular weight excluding hydrogens is 224 g/mol. The zero-order chi connectivity index (χ0) is 12.5. The van der Waals surface area contributed by atoms with Gasteiger partial charge in [0, 0.05) is 24.9 Å². The van der Waals surface area contributed by atoms with Gasteiger partial charge in [-0.15, -0.1) is 0 Å². The number of pyridine rings is 1. The highest BCUT2D eigenvalue weighted by atomic mass is 16.2. The van der Waals surface area contributed by atoms with Crippen molar-refractivity contribution in [3.05, 3.63) is 30.1 Å². The third kappa shape index (κ3) is 2.02. The van der Waals surface area contributed by atoms with Gasteiger partial charge in [-0.05, 0) is 36.8 Å². The van der Waals surface area contributed by atoms with Gasteiger partial charge >= 0.3 is 0 Å². The number of hydrogen-bond donors (Lipinski definition) is 0. The number of carbonyl (C=O) groups excluding carboxylic acids is 1. The first kappa shape index (κ1) is 11.7. The number of rotatable bonds is 3. The van der Waals surface area contributed by atoms with E-state index in [1.54, 1.807) is 6.20 Å². The van der Waals surface area contributed by atoms with Crippen LogP contribution in [0.25, 0.3) is 0 Å². The number of aromatic nitrogens is 1. The van der Waals surface area contributed by atoms with Crippen molar-refractivity contribution in [2.24, 2.45) is 11.8 Å². The summed E-state index contributed by atoms with van der Waals surface area (Å²) in [7, 11) is 0. The summed E-state index contributed by atoms with van der Waals surface area (Å²) < 4.78 is 0. The van der Waals surface area contributed by atoms with E-state index in [4.69, 9.17) is 0 Å². The molecule has 1 aliphatic carbocycles. The van der Waals surface area contributed by atoms with Crippen LogP contribution in [0.3, 0.4) is 0 Å². The van der Waals surface area contributed by atoms with Crippen LogP contribution in [0.4, 0.5) is 0 Å². The van der Waals surface area contributed by atoms with E-state index >= 15 is 0 Å². The van der Waals surface area contributed by atoms with Crippen molar-refractivity contribution >= 4 is 5.91 Å². The smallest absolute Gasteiger partial charge is 0.226 e. The van der Waals surface area contributed by atoms with Gasteiger partial charge < -0.3 is 4.90 Å². The van der Waals surface area contributed by atoms with Gasteiger partial charge in [0.15, 0.2) is 0 Å². The fourth-order valence-corrected chi connectivity index (χ4v) is 3.16. The summed E-state index contributed by atoms with van der Waals surface area (Å²) in [5.41, 5.74) is 1.19. The van der Waals surface area contributed by atoms with E-state index in [0.29, 0.717) is 17.7 Å². The Labute approximate surface area is 108 Å². The van der Waals surface area contributed by atoms with Crippen molar-refractivity contribution in [2.75, 3.05) is 6.54 Å². The van der Waals surface area contributed by atoms with Crippen LogP contribution in [-0.4, -0.2) is 22.3 Å². The lowest BCUT2D eigenvalue weighted by Gasteiger charge is -2.25. The molecule has 3 nitrogen and oxygen atoms in total. The van der Waals surface area contributed by atoms with Crippen LogP contribution in [-0.2, 0) is 4.79 Å². The van der Waals surface area contributed by atoms with E-state index in [0.717, 1.165) is 32.2 Å². The molecule has 1 aromatic heterocycles. The maximum Gasteiger partial charge on any atom is 0.226 e. The molecule has 1 saturated carbocycles. The Morgan fingerprint density at radius 2 is 2.44 bits per heavy atom. The first-order valence-corrected chi connectivity index (χ1v) is 7.01. The number of likely N-dealkylation sites (tertiary alicyclic amines) is 1. The molecule has 1 unspecified atom stereocenters. The minimum Gasteiger partial charge on any atom is -0.335 e. The largest absolute Gasteiger partial charge is 0.335 e. The molecule has 3 atom stereocenters. The van der Waals surface area contributed by atoms with Crippen molar-refractivity contribution in [2.45, 2.75) is 38.6 Å². The second kappa shape index (κ2) is 4.71. The van der Waals surface area contributed by atoms with Gasteiger partial charge in [0.05, 0.1) is 6.04 Å². The topological polar surface area (TPSA) is 33.2 Å². The Morgan fingerprint density at radius 3 is 3.11 bits per heavy atom. The molecule has 0 N–H and O–H groups in total. The summed E-state index contributed by atoms with van der Waals surface area (Å²) in [4.78, 5) is 18.7. The zero-order valence-electron chi connectivity index (χ0n) is 10.9. The van der Waals surface area contributed by atoms with Gasteiger partial charge in [0.1, 0.15) is 0 Å². The lowest BCUT2D eigenvalue weighted by molar-refractivity contribution is -0.133. The Bertz CT molecular complexity index is 431. The molecule has 0 spiro atoms. The van der Waals surface area contributed by atoms with E-state index in [-0.39, 0.29) is 6.04 Å². The van der Waals surface area contributed by atoms with E-state index < -0.39 is 0 Å². The monoisotopic (exact) mass is 244 g/mol. The van der Waals surface area contributed by atoms with Crippen LogP contribution in [0.15, 0.2) is 24.5 Å². The molecule has 96 valence electrons. The molecule has 0 bridgehead atoms. The Morgan fingerprint density at radius 1 is 1.56 bits per heavy atom. The molecule has 1 aromatic rings. The average molecular weight is 244 g/mol. The lowest BCUT2D eigenvalue weighted by Crippen LogP contribution is -2.32. The standard InChI is InChI=1S/C15H20N2O/c1-2-11-9-13(11)15(18)17-8-4-6-14(17)12-5-3-7-16-10-12/h3,5,7,10-11,13-14H,2,4,6,8-9H2,1H3/t11-,13-,14?/m1/s1. The maximum atomic E-state index is 12.5. The first-order chi connectivity index (χ1) is 8.81. The number of amides is 1. The molecule has 1 aliphatic heterocycles. The molecule has 1 saturated heterocycles. The molecule has 2 fully saturated rings. The van der Waals surface area contributed by atoms with Gasteiger partial charge in [0.25, 0.3) is 0 Å².